The summed E-state index contributed by atoms with van der Waals surface area (Å²) in [6, 6.07) is 5.02. The number of anilines is 1. The molecule has 0 bridgehead atoms. The molecular weight excluding hydrogens is 225 g/mol. The zero-order chi connectivity index (χ0) is 12.4. The lowest BCUT2D eigenvalue weighted by Crippen LogP contribution is -2.14. The quantitative estimate of drug-likeness (QED) is 0.775. The number of aromatic nitrogens is 2. The Bertz CT molecular complexity index is 566. The van der Waals surface area contributed by atoms with Crippen molar-refractivity contribution in [3.8, 4) is 5.75 Å². The Kier molecular flexibility index (Phi) is 2.78. The number of carbonyl (C=O) groups is 1. The van der Waals surface area contributed by atoms with E-state index in [9.17, 15) is 9.18 Å². The van der Waals surface area contributed by atoms with Crippen LogP contribution in [0.1, 0.15) is 10.5 Å². The molecule has 1 aromatic carbocycles. The molecule has 0 atom stereocenters. The molecule has 0 aliphatic rings. The summed E-state index contributed by atoms with van der Waals surface area (Å²) in [5.41, 5.74) is 0.193. The first kappa shape index (κ1) is 11.1. The summed E-state index contributed by atoms with van der Waals surface area (Å²) in [5.74, 6) is -1.40. The van der Waals surface area contributed by atoms with Gasteiger partial charge in [0.05, 0.1) is 5.69 Å². The van der Waals surface area contributed by atoms with Gasteiger partial charge in [0.1, 0.15) is 11.6 Å². The van der Waals surface area contributed by atoms with Gasteiger partial charge in [-0.2, -0.15) is 5.10 Å². The number of amides is 1. The molecule has 17 heavy (non-hydrogen) atoms. The van der Waals surface area contributed by atoms with E-state index in [1.54, 1.807) is 13.2 Å². The predicted molar refractivity (Wildman–Crippen MR) is 59.2 cm³/mol. The Balaban J connectivity index is 2.18. The molecule has 0 saturated heterocycles. The SMILES string of the molecule is Cn1ccc(C(=O)Nc2ccc(O)cc2F)n1. The summed E-state index contributed by atoms with van der Waals surface area (Å²) in [5, 5.41) is 15.3. The van der Waals surface area contributed by atoms with Gasteiger partial charge >= 0.3 is 0 Å². The second-order valence-corrected chi connectivity index (χ2v) is 3.49. The molecule has 2 rings (SSSR count). The van der Waals surface area contributed by atoms with Gasteiger partial charge in [0.25, 0.3) is 5.91 Å². The van der Waals surface area contributed by atoms with Crippen molar-refractivity contribution in [1.29, 1.82) is 0 Å². The number of phenols is 1. The van der Waals surface area contributed by atoms with Crippen molar-refractivity contribution in [1.82, 2.24) is 9.78 Å². The summed E-state index contributed by atoms with van der Waals surface area (Å²) in [7, 11) is 1.68. The molecule has 0 unspecified atom stereocenters. The first-order valence-electron chi connectivity index (χ1n) is 4.86. The average Bonchev–Trinajstić information content (AvgIpc) is 2.69. The molecule has 0 aliphatic heterocycles. The third-order valence-corrected chi connectivity index (χ3v) is 2.15. The van der Waals surface area contributed by atoms with Crippen LogP contribution in [0.5, 0.6) is 5.75 Å². The summed E-state index contributed by atoms with van der Waals surface area (Å²) in [4.78, 5) is 11.6. The molecule has 2 aromatic rings. The first-order chi connectivity index (χ1) is 8.06. The molecule has 88 valence electrons. The molecule has 2 N–H and O–H groups in total. The third kappa shape index (κ3) is 2.41. The largest absolute Gasteiger partial charge is 0.508 e. The van der Waals surface area contributed by atoms with Gasteiger partial charge in [-0.25, -0.2) is 4.39 Å². The van der Waals surface area contributed by atoms with Gasteiger partial charge in [0, 0.05) is 19.3 Å². The van der Waals surface area contributed by atoms with Crippen molar-refractivity contribution in [2.45, 2.75) is 0 Å². The lowest BCUT2D eigenvalue weighted by molar-refractivity contribution is 0.102. The van der Waals surface area contributed by atoms with Crippen LogP contribution in [-0.4, -0.2) is 20.8 Å². The monoisotopic (exact) mass is 235 g/mol. The van der Waals surface area contributed by atoms with Crippen molar-refractivity contribution in [2.24, 2.45) is 7.05 Å². The molecule has 0 spiro atoms. The van der Waals surface area contributed by atoms with Crippen LogP contribution >= 0.6 is 0 Å². The van der Waals surface area contributed by atoms with E-state index in [0.29, 0.717) is 0 Å². The van der Waals surface area contributed by atoms with Crippen LogP contribution in [0, 0.1) is 5.82 Å². The summed E-state index contributed by atoms with van der Waals surface area (Å²) in [6.45, 7) is 0. The molecular formula is C11H10FN3O2. The Morgan fingerprint density at radius 3 is 2.82 bits per heavy atom. The molecule has 5 nitrogen and oxygen atoms in total. The normalized spacial score (nSPS) is 10.2. The van der Waals surface area contributed by atoms with Crippen LogP contribution in [0.25, 0.3) is 0 Å². The standard InChI is InChI=1S/C11H10FN3O2/c1-15-5-4-10(14-15)11(17)13-9-3-2-7(16)6-8(9)12/h2-6,16H,1H3,(H,13,17). The number of nitrogens with zero attached hydrogens (tertiary/aromatic N) is 2. The van der Waals surface area contributed by atoms with Gasteiger partial charge in [-0.1, -0.05) is 0 Å². The van der Waals surface area contributed by atoms with E-state index in [-0.39, 0.29) is 17.1 Å². The van der Waals surface area contributed by atoms with Crippen molar-refractivity contribution >= 4 is 11.6 Å². The number of carbonyl (C=O) groups excluding carboxylic acids is 1. The van der Waals surface area contributed by atoms with Gasteiger partial charge < -0.3 is 10.4 Å². The number of aryl methyl sites for hydroxylation is 1. The van der Waals surface area contributed by atoms with Gasteiger partial charge in [-0.15, -0.1) is 0 Å². The predicted octanol–water partition coefficient (Wildman–Crippen LogP) is 1.52. The van der Waals surface area contributed by atoms with Crippen LogP contribution in [0.4, 0.5) is 10.1 Å². The number of benzene rings is 1. The summed E-state index contributed by atoms with van der Waals surface area (Å²) < 4.78 is 14.8. The van der Waals surface area contributed by atoms with E-state index in [1.165, 1.54) is 22.9 Å². The Labute approximate surface area is 96.5 Å². The van der Waals surface area contributed by atoms with Gasteiger partial charge in [-0.05, 0) is 18.2 Å². The highest BCUT2D eigenvalue weighted by Crippen LogP contribution is 2.19. The maximum atomic E-state index is 13.3. The summed E-state index contributed by atoms with van der Waals surface area (Å²) >= 11 is 0. The lowest BCUT2D eigenvalue weighted by atomic mass is 10.2. The molecule has 1 aromatic heterocycles. The first-order valence-corrected chi connectivity index (χ1v) is 4.86. The highest BCUT2D eigenvalue weighted by molar-refractivity contribution is 6.02. The third-order valence-electron chi connectivity index (χ3n) is 2.15. The Morgan fingerprint density at radius 2 is 2.24 bits per heavy atom. The number of nitrogens with one attached hydrogen (secondary N) is 1. The van der Waals surface area contributed by atoms with Crippen LogP contribution < -0.4 is 5.32 Å². The fraction of sp³-hybridized carbons (Fsp3) is 0.0909. The van der Waals surface area contributed by atoms with Gasteiger partial charge in [0.15, 0.2) is 5.69 Å². The van der Waals surface area contributed by atoms with Crippen molar-refractivity contribution < 1.29 is 14.3 Å². The van der Waals surface area contributed by atoms with Crippen molar-refractivity contribution in [2.75, 3.05) is 5.32 Å². The second-order valence-electron chi connectivity index (χ2n) is 3.49. The van der Waals surface area contributed by atoms with E-state index < -0.39 is 11.7 Å². The van der Waals surface area contributed by atoms with E-state index in [0.717, 1.165) is 6.07 Å². The number of aromatic hydroxyl groups is 1. The smallest absolute Gasteiger partial charge is 0.276 e. The van der Waals surface area contributed by atoms with Crippen molar-refractivity contribution in [3.05, 3.63) is 42.0 Å². The Morgan fingerprint density at radius 1 is 1.47 bits per heavy atom. The molecule has 0 aliphatic carbocycles. The molecule has 0 saturated carbocycles. The maximum Gasteiger partial charge on any atom is 0.276 e. The van der Waals surface area contributed by atoms with Gasteiger partial charge in [0.2, 0.25) is 0 Å². The van der Waals surface area contributed by atoms with E-state index in [4.69, 9.17) is 5.11 Å². The van der Waals surface area contributed by atoms with E-state index in [1.807, 2.05) is 0 Å². The number of rotatable bonds is 2. The van der Waals surface area contributed by atoms with Crippen LogP contribution in [0.2, 0.25) is 0 Å². The second kappa shape index (κ2) is 4.25. The number of phenolic OH excluding ortho intramolecular Hbond substituents is 1. The minimum absolute atomic E-state index is 0.00143. The average molecular weight is 235 g/mol. The fourth-order valence-corrected chi connectivity index (χ4v) is 1.33. The molecule has 6 heteroatoms. The maximum absolute atomic E-state index is 13.3. The molecule has 0 radical (unpaired) electrons. The van der Waals surface area contributed by atoms with Gasteiger partial charge in [-0.3, -0.25) is 9.48 Å². The topological polar surface area (TPSA) is 67.2 Å². The zero-order valence-electron chi connectivity index (χ0n) is 9.01. The fourth-order valence-electron chi connectivity index (χ4n) is 1.33. The number of hydrogen-bond acceptors (Lipinski definition) is 3. The molecule has 1 heterocycles. The molecule has 0 fully saturated rings. The highest BCUT2D eigenvalue weighted by Gasteiger charge is 2.11. The van der Waals surface area contributed by atoms with E-state index in [2.05, 4.69) is 10.4 Å². The molecule has 1 amide bonds. The van der Waals surface area contributed by atoms with Crippen LogP contribution in [0.15, 0.2) is 30.5 Å². The lowest BCUT2D eigenvalue weighted by Gasteiger charge is -2.04. The van der Waals surface area contributed by atoms with E-state index >= 15 is 0 Å². The zero-order valence-corrected chi connectivity index (χ0v) is 9.01. The number of halogens is 1. The summed E-state index contributed by atoms with van der Waals surface area (Å²) in [6.07, 6.45) is 1.61. The number of hydrogen-bond donors (Lipinski definition) is 2. The van der Waals surface area contributed by atoms with Crippen LogP contribution in [0.3, 0.4) is 0 Å². The highest BCUT2D eigenvalue weighted by atomic mass is 19.1. The van der Waals surface area contributed by atoms with Crippen molar-refractivity contribution in [3.63, 3.8) is 0 Å². The minimum atomic E-state index is -0.700. The Hall–Kier alpha value is -2.37. The minimum Gasteiger partial charge on any atom is -0.508 e. The van der Waals surface area contributed by atoms with Crippen LogP contribution in [-0.2, 0) is 7.05 Å².